The Labute approximate surface area is 192 Å². The highest BCUT2D eigenvalue weighted by atomic mass is 19.1. The highest BCUT2D eigenvalue weighted by Gasteiger charge is 2.13. The van der Waals surface area contributed by atoms with E-state index in [1.54, 1.807) is 13.8 Å². The Morgan fingerprint density at radius 3 is 1.53 bits per heavy atom. The summed E-state index contributed by atoms with van der Waals surface area (Å²) in [5.41, 5.74) is -0.229. The van der Waals surface area contributed by atoms with E-state index in [0.29, 0.717) is 6.42 Å². The zero-order valence-corrected chi connectivity index (χ0v) is 18.4. The van der Waals surface area contributed by atoms with Crippen LogP contribution in [0.1, 0.15) is 33.6 Å². The molecule has 12 heteroatoms. The average molecular weight is 486 g/mol. The summed E-state index contributed by atoms with van der Waals surface area (Å²) < 4.78 is 51.3. The molecule has 0 radical (unpaired) electrons. The van der Waals surface area contributed by atoms with Gasteiger partial charge in [0.15, 0.2) is 0 Å². The van der Waals surface area contributed by atoms with Gasteiger partial charge in [-0.2, -0.15) is 19.2 Å². The molecule has 0 aliphatic heterocycles. The topological polar surface area (TPSA) is 126 Å². The van der Waals surface area contributed by atoms with Crippen LogP contribution in [0.25, 0.3) is 0 Å². The van der Waals surface area contributed by atoms with E-state index in [0.717, 1.165) is 36.4 Å². The fourth-order valence-electron chi connectivity index (χ4n) is 1.87. The van der Waals surface area contributed by atoms with Gasteiger partial charge in [-0.1, -0.05) is 20.8 Å². The number of carbonyl (C=O) groups excluding carboxylic acids is 6. The summed E-state index contributed by atoms with van der Waals surface area (Å²) in [5.74, 6) is -3.28. The quantitative estimate of drug-likeness (QED) is 0.613. The summed E-state index contributed by atoms with van der Waals surface area (Å²) in [6.45, 7) is 5.21. The van der Waals surface area contributed by atoms with Gasteiger partial charge >= 0.3 is 12.3 Å². The van der Waals surface area contributed by atoms with Gasteiger partial charge in [-0.15, -0.1) is 0 Å². The molecule has 2 rings (SSSR count). The Hall–Kier alpha value is -4.14. The van der Waals surface area contributed by atoms with Crippen molar-refractivity contribution in [2.75, 3.05) is 10.6 Å². The standard InChI is InChI=1S/C11H13F2NO.C9H9F2NO.2CO2/c1-3-7(2)11(15)14-10-6-8(12)4-5-9(10)13;1-2-9(13)12-8-5-6(10)3-4-7(8)11;2*2-1-3/h4-7H,3H2,1-2H3,(H,14,15);3-5H,2H2,1H3,(H,12,13);;. The van der Waals surface area contributed by atoms with Gasteiger partial charge in [0.25, 0.3) is 0 Å². The fourth-order valence-corrected chi connectivity index (χ4v) is 1.87. The third kappa shape index (κ3) is 14.0. The van der Waals surface area contributed by atoms with Crippen molar-refractivity contribution in [3.8, 4) is 0 Å². The second-order valence-corrected chi connectivity index (χ2v) is 6.12. The Morgan fingerprint density at radius 2 is 1.18 bits per heavy atom. The molecule has 8 nitrogen and oxygen atoms in total. The summed E-state index contributed by atoms with van der Waals surface area (Å²) in [6.07, 6.45) is 1.39. The van der Waals surface area contributed by atoms with Gasteiger partial charge in [0.2, 0.25) is 11.8 Å². The molecule has 0 bridgehead atoms. The monoisotopic (exact) mass is 486 g/mol. The molecular formula is C22H22F4N2O6. The normalized spacial score (nSPS) is 9.62. The lowest BCUT2D eigenvalue weighted by molar-refractivity contribution is -0.193. The molecule has 0 spiro atoms. The van der Waals surface area contributed by atoms with Crippen molar-refractivity contribution in [1.29, 1.82) is 0 Å². The van der Waals surface area contributed by atoms with Crippen LogP contribution in [0.5, 0.6) is 0 Å². The molecule has 184 valence electrons. The molecule has 34 heavy (non-hydrogen) atoms. The van der Waals surface area contributed by atoms with Gasteiger partial charge in [0.1, 0.15) is 23.3 Å². The van der Waals surface area contributed by atoms with Gasteiger partial charge in [0, 0.05) is 24.5 Å². The van der Waals surface area contributed by atoms with Crippen LogP contribution in [0.2, 0.25) is 0 Å². The lowest BCUT2D eigenvalue weighted by Crippen LogP contribution is -2.20. The maximum Gasteiger partial charge on any atom is 0.373 e. The largest absolute Gasteiger partial charge is 0.373 e. The van der Waals surface area contributed by atoms with Crippen LogP contribution in [-0.4, -0.2) is 24.1 Å². The first-order chi connectivity index (χ1) is 16.0. The first-order valence-electron chi connectivity index (χ1n) is 9.50. The molecule has 0 heterocycles. The van der Waals surface area contributed by atoms with E-state index < -0.39 is 23.3 Å². The SMILES string of the molecule is CCC(=O)Nc1cc(F)ccc1F.CCC(C)C(=O)Nc1cc(F)ccc1F.O=C=O.O=C=O. The number of hydrogen-bond donors (Lipinski definition) is 2. The van der Waals surface area contributed by atoms with Gasteiger partial charge in [-0.3, -0.25) is 9.59 Å². The van der Waals surface area contributed by atoms with E-state index >= 15 is 0 Å². The van der Waals surface area contributed by atoms with Crippen LogP contribution in [0, 0.1) is 29.2 Å². The lowest BCUT2D eigenvalue weighted by atomic mass is 10.1. The zero-order valence-electron chi connectivity index (χ0n) is 18.4. The third-order valence-corrected chi connectivity index (χ3v) is 3.77. The first kappa shape index (κ1) is 32.0. The molecule has 0 saturated heterocycles. The van der Waals surface area contributed by atoms with E-state index in [1.165, 1.54) is 0 Å². The summed E-state index contributed by atoms with van der Waals surface area (Å²) >= 11 is 0. The van der Waals surface area contributed by atoms with Crippen LogP contribution in [0.4, 0.5) is 28.9 Å². The summed E-state index contributed by atoms with van der Waals surface area (Å²) in [5, 5.41) is 4.59. The molecule has 2 aromatic rings. The summed E-state index contributed by atoms with van der Waals surface area (Å²) in [4.78, 5) is 54.8. The maximum atomic E-state index is 13.1. The number of benzene rings is 2. The van der Waals surface area contributed by atoms with E-state index in [9.17, 15) is 27.2 Å². The van der Waals surface area contributed by atoms with Gasteiger partial charge in [-0.05, 0) is 30.7 Å². The van der Waals surface area contributed by atoms with E-state index in [2.05, 4.69) is 10.6 Å². The molecule has 2 N–H and O–H groups in total. The third-order valence-electron chi connectivity index (χ3n) is 3.77. The van der Waals surface area contributed by atoms with Crippen molar-refractivity contribution in [3.05, 3.63) is 59.7 Å². The highest BCUT2D eigenvalue weighted by molar-refractivity contribution is 5.92. The first-order valence-corrected chi connectivity index (χ1v) is 9.50. The Morgan fingerprint density at radius 1 is 0.794 bits per heavy atom. The van der Waals surface area contributed by atoms with Crippen molar-refractivity contribution in [1.82, 2.24) is 0 Å². The Kier molecular flexibility index (Phi) is 17.4. The van der Waals surface area contributed by atoms with Gasteiger partial charge in [0.05, 0.1) is 11.4 Å². The smallest absolute Gasteiger partial charge is 0.324 e. The van der Waals surface area contributed by atoms with Crippen molar-refractivity contribution in [2.24, 2.45) is 5.92 Å². The molecule has 1 atom stereocenters. The minimum atomic E-state index is -0.636. The predicted molar refractivity (Wildman–Crippen MR) is 110 cm³/mol. The molecular weight excluding hydrogens is 464 g/mol. The van der Waals surface area contributed by atoms with Crippen LogP contribution >= 0.6 is 0 Å². The molecule has 0 aliphatic rings. The van der Waals surface area contributed by atoms with Crippen molar-refractivity contribution in [3.63, 3.8) is 0 Å². The second-order valence-electron chi connectivity index (χ2n) is 6.12. The van der Waals surface area contributed by atoms with Gasteiger partial charge in [-0.25, -0.2) is 17.6 Å². The van der Waals surface area contributed by atoms with Crippen LogP contribution in [0.15, 0.2) is 36.4 Å². The summed E-state index contributed by atoms with van der Waals surface area (Å²) in [6, 6.07) is 5.88. The maximum absolute atomic E-state index is 13.1. The van der Waals surface area contributed by atoms with Crippen LogP contribution in [-0.2, 0) is 28.8 Å². The van der Waals surface area contributed by atoms with Crippen molar-refractivity contribution < 1.29 is 46.3 Å². The molecule has 0 fully saturated rings. The average Bonchev–Trinajstić information content (AvgIpc) is 2.79. The molecule has 0 aliphatic carbocycles. The number of halogens is 4. The van der Waals surface area contributed by atoms with Crippen molar-refractivity contribution >= 4 is 35.5 Å². The number of nitrogens with one attached hydrogen (secondary N) is 2. The molecule has 1 unspecified atom stereocenters. The molecule has 2 aromatic carbocycles. The Balaban J connectivity index is 0. The number of anilines is 2. The lowest BCUT2D eigenvalue weighted by Gasteiger charge is -2.10. The van der Waals surface area contributed by atoms with E-state index in [1.807, 2.05) is 6.92 Å². The minimum absolute atomic E-state index is 0.111. The van der Waals surface area contributed by atoms with Crippen LogP contribution < -0.4 is 10.6 Å². The highest BCUT2D eigenvalue weighted by Crippen LogP contribution is 2.17. The predicted octanol–water partition coefficient (Wildman–Crippen LogP) is 4.10. The van der Waals surface area contributed by atoms with E-state index in [-0.39, 0.29) is 47.8 Å². The molecule has 2 amide bonds. The van der Waals surface area contributed by atoms with Gasteiger partial charge < -0.3 is 10.6 Å². The molecule has 0 saturated carbocycles. The number of hydrogen-bond acceptors (Lipinski definition) is 6. The fraction of sp³-hybridized carbons (Fsp3) is 0.273. The number of rotatable bonds is 5. The number of carbonyl (C=O) groups is 2. The molecule has 0 aromatic heterocycles. The van der Waals surface area contributed by atoms with Crippen molar-refractivity contribution in [2.45, 2.75) is 33.6 Å². The van der Waals surface area contributed by atoms with Crippen LogP contribution in [0.3, 0.4) is 0 Å². The van der Waals surface area contributed by atoms with E-state index in [4.69, 9.17) is 19.2 Å². The zero-order chi connectivity index (χ0) is 26.7. The minimum Gasteiger partial charge on any atom is -0.324 e. The second kappa shape index (κ2) is 18.4. The Bertz CT molecular complexity index is 993. The summed E-state index contributed by atoms with van der Waals surface area (Å²) in [7, 11) is 0. The number of amides is 2.